The van der Waals surface area contributed by atoms with Gasteiger partial charge in [-0.2, -0.15) is 0 Å². The summed E-state index contributed by atoms with van der Waals surface area (Å²) in [6, 6.07) is 0.100. The van der Waals surface area contributed by atoms with E-state index < -0.39 is 17.0 Å². The summed E-state index contributed by atoms with van der Waals surface area (Å²) in [5.41, 5.74) is -0.511. The number of hydrogen-bond acceptors (Lipinski definition) is 5. The third kappa shape index (κ3) is 5.78. The predicted octanol–water partition coefficient (Wildman–Crippen LogP) is 3.75. The molecular formula is C20H36N2O4S. The van der Waals surface area contributed by atoms with Crippen molar-refractivity contribution in [1.29, 1.82) is 0 Å². The van der Waals surface area contributed by atoms with E-state index in [4.69, 9.17) is 9.47 Å². The number of rotatable bonds is 4. The number of carbonyl (C=O) groups excluding carboxylic acids is 1. The lowest BCUT2D eigenvalue weighted by atomic mass is 9.74. The molecule has 7 heteroatoms. The van der Waals surface area contributed by atoms with Crippen LogP contribution in [0.4, 0.5) is 4.79 Å². The summed E-state index contributed by atoms with van der Waals surface area (Å²) in [5, 5.41) is 0. The van der Waals surface area contributed by atoms with Gasteiger partial charge in [0.1, 0.15) is 16.5 Å². The molecule has 1 saturated heterocycles. The van der Waals surface area contributed by atoms with Gasteiger partial charge in [-0.3, -0.25) is 0 Å². The molecular weight excluding hydrogens is 364 g/mol. The average Bonchev–Trinajstić information content (AvgIpc) is 2.82. The highest BCUT2D eigenvalue weighted by Crippen LogP contribution is 2.48. The van der Waals surface area contributed by atoms with Crippen LogP contribution >= 0.6 is 0 Å². The molecule has 2 fully saturated rings. The third-order valence-electron chi connectivity index (χ3n) is 5.38. The lowest BCUT2D eigenvalue weighted by Gasteiger charge is -2.43. The van der Waals surface area contributed by atoms with Crippen LogP contribution in [0.2, 0.25) is 0 Å². The second-order valence-electron chi connectivity index (χ2n) is 9.75. The number of likely N-dealkylation sites (tertiary alicyclic amines) is 1. The molecule has 2 aliphatic rings. The van der Waals surface area contributed by atoms with Crippen LogP contribution in [0, 0.1) is 5.41 Å². The zero-order valence-electron chi connectivity index (χ0n) is 17.7. The maximum absolute atomic E-state index is 12.7. The molecule has 1 spiro atoms. The Morgan fingerprint density at radius 3 is 2.33 bits per heavy atom. The predicted molar refractivity (Wildman–Crippen MR) is 109 cm³/mol. The van der Waals surface area contributed by atoms with Crippen molar-refractivity contribution >= 4 is 17.5 Å². The molecule has 0 bridgehead atoms. The Bertz CT molecular complexity index is 533. The number of hydrogen-bond donors (Lipinski definition) is 1. The molecule has 0 aromatic carbocycles. The zero-order valence-corrected chi connectivity index (χ0v) is 18.5. The number of ether oxygens (including phenoxy) is 2. The van der Waals surface area contributed by atoms with Crippen molar-refractivity contribution in [1.82, 2.24) is 9.62 Å². The fourth-order valence-electron chi connectivity index (χ4n) is 3.92. The standard InChI is InChI=1S/C20H36N2O4S/c1-8-25-15-13-16(21-27(24)19(5,6)7)20(14-15)9-11-22(12-10-20)17(23)26-18(2,3)4/h8,15-16,21H,1,9-14H2,2-7H3/t15-,16?,27+/m0/s1. The summed E-state index contributed by atoms with van der Waals surface area (Å²) in [7, 11) is 0. The monoisotopic (exact) mass is 400 g/mol. The van der Waals surface area contributed by atoms with E-state index >= 15 is 0 Å². The van der Waals surface area contributed by atoms with Gasteiger partial charge < -0.3 is 18.9 Å². The fourth-order valence-corrected chi connectivity index (χ4v) is 4.88. The highest BCUT2D eigenvalue weighted by Gasteiger charge is 2.52. The minimum Gasteiger partial charge on any atom is -0.598 e. The van der Waals surface area contributed by atoms with E-state index in [-0.39, 0.29) is 28.4 Å². The Labute approximate surface area is 167 Å². The molecule has 3 atom stereocenters. The number of nitrogens with one attached hydrogen (secondary N) is 1. The molecule has 0 radical (unpaired) electrons. The molecule has 1 amide bonds. The lowest BCUT2D eigenvalue weighted by molar-refractivity contribution is 0.00659. The second-order valence-corrected chi connectivity index (χ2v) is 11.7. The van der Waals surface area contributed by atoms with E-state index in [1.54, 1.807) is 4.90 Å². The van der Waals surface area contributed by atoms with Crippen LogP contribution in [0.5, 0.6) is 0 Å². The molecule has 1 heterocycles. The Balaban J connectivity index is 2.06. The number of carbonyl (C=O) groups is 1. The fraction of sp³-hybridized carbons (Fsp3) is 0.850. The SMILES string of the molecule is C=CO[C@H]1CC(N[S@+]([O-])C(C)(C)C)C2(CCN(C(=O)OC(C)(C)C)CC2)C1. The first-order valence-corrected chi connectivity index (χ1v) is 10.9. The van der Waals surface area contributed by atoms with Gasteiger partial charge in [0.05, 0.1) is 12.3 Å². The summed E-state index contributed by atoms with van der Waals surface area (Å²) in [5.74, 6) is 0. The van der Waals surface area contributed by atoms with Gasteiger partial charge in [-0.15, -0.1) is 4.72 Å². The topological polar surface area (TPSA) is 73.9 Å². The maximum atomic E-state index is 12.7. The van der Waals surface area contributed by atoms with Crippen LogP contribution in [-0.4, -0.2) is 51.1 Å². The zero-order chi connectivity index (χ0) is 20.5. The van der Waals surface area contributed by atoms with Gasteiger partial charge in [0.15, 0.2) is 0 Å². The Kier molecular flexibility index (Phi) is 6.80. The van der Waals surface area contributed by atoms with Crippen molar-refractivity contribution in [3.63, 3.8) is 0 Å². The van der Waals surface area contributed by atoms with Crippen LogP contribution in [0.1, 0.15) is 67.2 Å². The van der Waals surface area contributed by atoms with E-state index in [9.17, 15) is 9.35 Å². The highest BCUT2D eigenvalue weighted by atomic mass is 32.2. The summed E-state index contributed by atoms with van der Waals surface area (Å²) >= 11 is -1.14. The van der Waals surface area contributed by atoms with Crippen molar-refractivity contribution in [3.05, 3.63) is 12.8 Å². The second kappa shape index (κ2) is 8.21. The van der Waals surface area contributed by atoms with E-state index in [1.165, 1.54) is 6.26 Å². The molecule has 1 saturated carbocycles. The molecule has 0 aromatic heterocycles. The molecule has 2 rings (SSSR count). The van der Waals surface area contributed by atoms with Crippen LogP contribution in [0.25, 0.3) is 0 Å². The summed E-state index contributed by atoms with van der Waals surface area (Å²) in [6.45, 7) is 16.5. The van der Waals surface area contributed by atoms with Gasteiger partial charge in [0, 0.05) is 30.9 Å². The van der Waals surface area contributed by atoms with Gasteiger partial charge in [0.2, 0.25) is 0 Å². The van der Waals surface area contributed by atoms with Crippen molar-refractivity contribution in [2.45, 2.75) is 89.7 Å². The average molecular weight is 401 g/mol. The lowest BCUT2D eigenvalue weighted by Crippen LogP contribution is -2.54. The van der Waals surface area contributed by atoms with Gasteiger partial charge in [-0.05, 0) is 66.2 Å². The van der Waals surface area contributed by atoms with Gasteiger partial charge in [-0.25, -0.2) is 4.79 Å². The minimum absolute atomic E-state index is 0.0207. The number of amides is 1. The Morgan fingerprint density at radius 1 is 1.26 bits per heavy atom. The normalized spacial score (nSPS) is 26.7. The van der Waals surface area contributed by atoms with Crippen molar-refractivity contribution in [3.8, 4) is 0 Å². The van der Waals surface area contributed by atoms with Gasteiger partial charge in [0.25, 0.3) is 0 Å². The summed E-state index contributed by atoms with van der Waals surface area (Å²) < 4.78 is 26.9. The molecule has 1 aliphatic heterocycles. The maximum Gasteiger partial charge on any atom is 0.410 e. The molecule has 0 aromatic rings. The largest absolute Gasteiger partial charge is 0.598 e. The van der Waals surface area contributed by atoms with Crippen LogP contribution < -0.4 is 4.72 Å². The quantitative estimate of drug-likeness (QED) is 0.575. The van der Waals surface area contributed by atoms with Crippen molar-refractivity contribution in [2.24, 2.45) is 5.41 Å². The van der Waals surface area contributed by atoms with Crippen LogP contribution in [0.15, 0.2) is 12.8 Å². The Morgan fingerprint density at radius 2 is 1.85 bits per heavy atom. The Hall–Kier alpha value is -0.920. The summed E-state index contributed by atoms with van der Waals surface area (Å²) in [6.07, 6.45) is 4.71. The smallest absolute Gasteiger partial charge is 0.410 e. The van der Waals surface area contributed by atoms with Gasteiger partial charge in [-0.1, -0.05) is 6.58 Å². The van der Waals surface area contributed by atoms with Crippen molar-refractivity contribution in [2.75, 3.05) is 13.1 Å². The minimum atomic E-state index is -1.14. The first kappa shape index (κ1) is 22.4. The van der Waals surface area contributed by atoms with E-state index in [0.29, 0.717) is 13.1 Å². The first-order chi connectivity index (χ1) is 12.4. The van der Waals surface area contributed by atoms with E-state index in [1.807, 2.05) is 41.5 Å². The van der Waals surface area contributed by atoms with E-state index in [2.05, 4.69) is 11.3 Å². The highest BCUT2D eigenvalue weighted by molar-refractivity contribution is 7.90. The summed E-state index contributed by atoms with van der Waals surface area (Å²) in [4.78, 5) is 14.2. The first-order valence-electron chi connectivity index (χ1n) is 9.79. The molecule has 1 aliphatic carbocycles. The van der Waals surface area contributed by atoms with Crippen LogP contribution in [0.3, 0.4) is 0 Å². The molecule has 156 valence electrons. The third-order valence-corrected chi connectivity index (χ3v) is 6.99. The number of nitrogens with zero attached hydrogens (tertiary/aromatic N) is 1. The van der Waals surface area contributed by atoms with E-state index in [0.717, 1.165) is 25.7 Å². The van der Waals surface area contributed by atoms with Gasteiger partial charge >= 0.3 is 6.09 Å². The molecule has 1 unspecified atom stereocenters. The number of piperidine rings is 1. The molecule has 27 heavy (non-hydrogen) atoms. The molecule has 1 N–H and O–H groups in total. The van der Waals surface area contributed by atoms with Crippen molar-refractivity contribution < 1.29 is 18.8 Å². The van der Waals surface area contributed by atoms with Crippen LogP contribution in [-0.2, 0) is 20.8 Å². The molecule has 6 nitrogen and oxygen atoms in total.